The van der Waals surface area contributed by atoms with Crippen LogP contribution in [0.2, 0.25) is 0 Å². The molecule has 28 heteroatoms. The number of nitrogens with two attached hydrogens (primary N) is 4. The molecule has 0 radical (unpaired) electrons. The maximum atomic E-state index is 12.9. The lowest BCUT2D eigenvalue weighted by Crippen LogP contribution is -2.49. The Hall–Kier alpha value is -8.37. The number of hydrogen-bond donors (Lipinski definition) is 12. The zero-order valence-corrected chi connectivity index (χ0v) is 48.6. The highest BCUT2D eigenvalue weighted by atomic mass is 19.1. The van der Waals surface area contributed by atoms with Crippen molar-refractivity contribution in [2.24, 2.45) is 40.7 Å². The monoisotopic (exact) mass is 1340 g/mol. The molecule has 538 valence electrons. The van der Waals surface area contributed by atoms with E-state index in [4.69, 9.17) is 47.4 Å². The number of nitrogens with one attached hydrogen (secondary N) is 5. The number of alkyl halides is 3. The van der Waals surface area contributed by atoms with Gasteiger partial charge in [-0.2, -0.15) is 0 Å². The van der Waals surface area contributed by atoms with Crippen LogP contribution in [0.5, 0.6) is 0 Å². The summed E-state index contributed by atoms with van der Waals surface area (Å²) in [5.41, 5.74) is 21.8. The molecule has 0 aromatic heterocycles. The number of para-hydroxylation sites is 3. The summed E-state index contributed by atoms with van der Waals surface area (Å²) in [6.07, 6.45) is -8.02. The number of hydrogen-bond acceptors (Lipinski definition) is 16. The van der Waals surface area contributed by atoms with Gasteiger partial charge >= 0.3 is 24.2 Å². The minimum Gasteiger partial charge on any atom is -0.479 e. The van der Waals surface area contributed by atoms with E-state index < -0.39 is 128 Å². The maximum Gasteiger partial charge on any atom is 0.412 e. The van der Waals surface area contributed by atoms with Crippen LogP contribution in [0, 0.1) is 17.8 Å². The van der Waals surface area contributed by atoms with Crippen molar-refractivity contribution >= 4 is 76.6 Å². The fourth-order valence-electron chi connectivity index (χ4n) is 6.91. The van der Waals surface area contributed by atoms with Crippen molar-refractivity contribution < 1.29 is 90.6 Å². The van der Waals surface area contributed by atoms with Crippen LogP contribution in [0.3, 0.4) is 0 Å². The highest BCUT2D eigenvalue weighted by molar-refractivity contribution is 5.93. The third-order valence-electron chi connectivity index (χ3n) is 11.3. The minimum atomic E-state index is -1.50. The van der Waals surface area contributed by atoms with Crippen molar-refractivity contribution in [2.75, 3.05) is 36.0 Å². The summed E-state index contributed by atoms with van der Waals surface area (Å²) in [5, 5.41) is 39.8. The van der Waals surface area contributed by atoms with Crippen LogP contribution >= 0.6 is 0 Å². The van der Waals surface area contributed by atoms with Gasteiger partial charge in [0.2, 0.25) is 23.8 Å². The Bertz CT molecular complexity index is 2490. The number of ketones is 1. The molecule has 0 aliphatic carbocycles. The molecule has 0 heterocycles. The molecule has 16 N–H and O–H groups in total. The Morgan fingerprint density at radius 1 is 0.452 bits per heavy atom. The van der Waals surface area contributed by atoms with E-state index in [1.807, 2.05) is 47.6 Å². The number of aliphatic carboxylic acids is 1. The summed E-state index contributed by atoms with van der Waals surface area (Å²) in [5.74, 6) is -5.09. The molecule has 8 atom stereocenters. The number of ether oxygens (including phenoxy) is 3. The SMILES string of the molecule is C.C.C.C.C.C.C.C.CC(C)C[C@H](OC(=O)Nc1ccccc1)C(=O)NC(CCC(N)=O)C(=O)CF.CC(C)C[C@H](OC(=O)Nc1ccccc1)C(=O)NC(CCC(N)=O)C(O)CF.CC(C)C[C@H](OC(=O)Nc1ccccc1)C(=O)O.NC(=O)CCC(N)C(O)CF. The Balaban J connectivity index is -0.000000147. The largest absolute Gasteiger partial charge is 0.479 e. The molecule has 3 aromatic rings. The molecular formula is C65H116F3N9O16. The number of primary amides is 3. The number of aliphatic hydroxyl groups excluding tert-OH is 2. The summed E-state index contributed by atoms with van der Waals surface area (Å²) < 4.78 is 52.7. The zero-order valence-electron chi connectivity index (χ0n) is 48.6. The standard InChI is InChI=1S/C19H28FN3O5.C19H26FN3O5.C13H17NO4.C6H13FN2O2.8CH4/c2*1-12(2)10-16(28-19(27)22-13-6-4-3-5-7-13)18(26)23-14(15(24)11-20)8-9-17(21)25;1-9(2)8-11(12(15)16)18-13(17)14-10-6-4-3-5-7-10;7-3-5(10)4(8)1-2-6(9)11;;;;;;;;/h3-7,12,14-16,24H,8-11H2,1-2H3,(H2,21,25)(H,22,27)(H,23,26);3-7,12,14,16H,8-11H2,1-2H3,(H2,21,25)(H,22,27)(H,23,26);3-7,9,11H,8H2,1-2H3,(H,14,17)(H,15,16);4-5,10H,1-3,8H2,(H2,9,11);8*1H4/t14?,15?,16-;14?,16-;11-;;;;;;;;;/m000........./s1. The molecule has 0 saturated carbocycles. The molecule has 3 aromatic carbocycles. The first-order valence-corrected chi connectivity index (χ1v) is 27.1. The second-order valence-electron chi connectivity index (χ2n) is 20.3. The number of halogens is 3. The number of Topliss-reactive ketones (excluding diaryl/α,β-unsaturated/α-hetero) is 1. The molecule has 0 bridgehead atoms. The topological polar surface area (TPSA) is 423 Å². The zero-order chi connectivity index (χ0) is 64.6. The van der Waals surface area contributed by atoms with Crippen LogP contribution in [0.4, 0.5) is 44.6 Å². The quantitative estimate of drug-likeness (QED) is 0.0258. The number of carbonyl (C=O) groups is 10. The lowest BCUT2D eigenvalue weighted by atomic mass is 10.0. The Morgan fingerprint density at radius 2 is 0.753 bits per heavy atom. The normalized spacial score (nSPS) is 12.2. The van der Waals surface area contributed by atoms with E-state index in [-0.39, 0.29) is 135 Å². The molecule has 5 unspecified atom stereocenters. The van der Waals surface area contributed by atoms with Crippen LogP contribution in [-0.2, 0) is 47.8 Å². The maximum absolute atomic E-state index is 12.9. The first-order valence-electron chi connectivity index (χ1n) is 27.1. The van der Waals surface area contributed by atoms with Crippen LogP contribution < -0.4 is 49.5 Å². The number of amides is 8. The fourth-order valence-corrected chi connectivity index (χ4v) is 6.91. The van der Waals surface area contributed by atoms with E-state index >= 15 is 0 Å². The van der Waals surface area contributed by atoms with E-state index in [1.165, 1.54) is 0 Å². The summed E-state index contributed by atoms with van der Waals surface area (Å²) >= 11 is 0. The van der Waals surface area contributed by atoms with Gasteiger partial charge in [-0.3, -0.25) is 44.7 Å². The highest BCUT2D eigenvalue weighted by Crippen LogP contribution is 2.16. The molecule has 0 aliphatic heterocycles. The minimum absolute atomic E-state index is 0. The van der Waals surface area contributed by atoms with Crippen molar-refractivity contribution in [1.29, 1.82) is 0 Å². The van der Waals surface area contributed by atoms with Crippen molar-refractivity contribution in [3.8, 4) is 0 Å². The average Bonchev–Trinajstić information content (AvgIpc) is 1.63. The molecule has 0 saturated heterocycles. The Labute approximate surface area is 551 Å². The molecule has 8 amide bonds. The number of carboxylic acids is 1. The van der Waals surface area contributed by atoms with Gasteiger partial charge in [0, 0.05) is 42.4 Å². The second kappa shape index (κ2) is 58.7. The highest BCUT2D eigenvalue weighted by Gasteiger charge is 2.31. The summed E-state index contributed by atoms with van der Waals surface area (Å²) in [7, 11) is 0. The summed E-state index contributed by atoms with van der Waals surface area (Å²) in [6, 6.07) is 22.9. The predicted molar refractivity (Wildman–Crippen MR) is 363 cm³/mol. The van der Waals surface area contributed by atoms with Crippen molar-refractivity contribution in [2.45, 2.75) is 207 Å². The van der Waals surface area contributed by atoms with Crippen molar-refractivity contribution in [3.63, 3.8) is 0 Å². The van der Waals surface area contributed by atoms with Crippen molar-refractivity contribution in [3.05, 3.63) is 91.0 Å². The van der Waals surface area contributed by atoms with E-state index in [1.54, 1.807) is 84.9 Å². The second-order valence-corrected chi connectivity index (χ2v) is 20.3. The third kappa shape index (κ3) is 50.9. The number of rotatable bonds is 32. The Morgan fingerprint density at radius 3 is 1.05 bits per heavy atom. The van der Waals surface area contributed by atoms with Crippen LogP contribution in [-0.4, -0.2) is 144 Å². The predicted octanol–water partition coefficient (Wildman–Crippen LogP) is 10.4. The summed E-state index contributed by atoms with van der Waals surface area (Å²) in [6.45, 7) is 7.80. The van der Waals surface area contributed by atoms with Crippen LogP contribution in [0.15, 0.2) is 91.0 Å². The molecule has 0 fully saturated rings. The van der Waals surface area contributed by atoms with Gasteiger partial charge in [-0.1, -0.05) is 156 Å². The number of anilines is 3. The van der Waals surface area contributed by atoms with E-state index in [0.29, 0.717) is 17.1 Å². The Kier molecular flexibility index (Phi) is 65.3. The number of aliphatic hydroxyl groups is 2. The van der Waals surface area contributed by atoms with Gasteiger partial charge in [0.05, 0.1) is 18.2 Å². The van der Waals surface area contributed by atoms with Gasteiger partial charge in [-0.05, 0) is 92.7 Å². The van der Waals surface area contributed by atoms with Crippen molar-refractivity contribution in [1.82, 2.24) is 10.6 Å². The lowest BCUT2D eigenvalue weighted by molar-refractivity contribution is -0.147. The molecule has 25 nitrogen and oxygen atoms in total. The van der Waals surface area contributed by atoms with Gasteiger partial charge in [-0.15, -0.1) is 0 Å². The van der Waals surface area contributed by atoms with Crippen LogP contribution in [0.25, 0.3) is 0 Å². The van der Waals surface area contributed by atoms with E-state index in [0.717, 1.165) is 0 Å². The van der Waals surface area contributed by atoms with Crippen LogP contribution in [0.1, 0.15) is 159 Å². The van der Waals surface area contributed by atoms with Gasteiger partial charge in [0.15, 0.2) is 18.0 Å². The average molecular weight is 1340 g/mol. The first kappa shape index (κ1) is 103. The molecular weight excluding hydrogens is 1220 g/mol. The van der Waals surface area contributed by atoms with Gasteiger partial charge < -0.3 is 63.1 Å². The fraction of sp³-hybridized carbons (Fsp3) is 0.569. The number of carbonyl (C=O) groups excluding carboxylic acids is 9. The van der Waals surface area contributed by atoms with Gasteiger partial charge in [-0.25, -0.2) is 32.3 Å². The molecule has 0 aliphatic rings. The third-order valence-corrected chi connectivity index (χ3v) is 11.3. The molecule has 3 rings (SSSR count). The lowest BCUT2D eigenvalue weighted by Gasteiger charge is -2.25. The number of carboxylic acid groups (broad SMARTS) is 1. The number of benzene rings is 3. The van der Waals surface area contributed by atoms with Gasteiger partial charge in [0.1, 0.15) is 26.1 Å². The van der Waals surface area contributed by atoms with E-state index in [2.05, 4.69) is 26.6 Å². The van der Waals surface area contributed by atoms with Gasteiger partial charge in [0.25, 0.3) is 11.8 Å². The smallest absolute Gasteiger partial charge is 0.412 e. The first-order chi connectivity index (χ1) is 40.0. The van der Waals surface area contributed by atoms with E-state index in [9.17, 15) is 66.2 Å². The molecule has 93 heavy (non-hydrogen) atoms. The molecule has 0 spiro atoms. The summed E-state index contributed by atoms with van der Waals surface area (Å²) in [4.78, 5) is 116.